The summed E-state index contributed by atoms with van der Waals surface area (Å²) < 4.78 is 6.02. The first kappa shape index (κ1) is 32.2. The summed E-state index contributed by atoms with van der Waals surface area (Å²) in [7, 11) is 3.56. The van der Waals surface area contributed by atoms with Crippen molar-refractivity contribution in [3.63, 3.8) is 0 Å². The number of carboxylic acids is 1. The van der Waals surface area contributed by atoms with Crippen molar-refractivity contribution in [2.45, 2.75) is 51.5 Å². The molecule has 1 atom stereocenters. The fourth-order valence-corrected chi connectivity index (χ4v) is 5.74. The average molecular weight is 602 g/mol. The molecule has 0 aromatic heterocycles. The van der Waals surface area contributed by atoms with E-state index in [0.717, 1.165) is 43.4 Å². The molecule has 0 saturated heterocycles. The predicted molar refractivity (Wildman–Crippen MR) is 171 cm³/mol. The highest BCUT2D eigenvalue weighted by atomic mass is 16.5. The third-order valence-electron chi connectivity index (χ3n) is 8.24. The van der Waals surface area contributed by atoms with Crippen LogP contribution in [0.2, 0.25) is 0 Å². The number of hydrogen-bond acceptors (Lipinski definition) is 5. The minimum Gasteiger partial charge on any atom is -0.481 e. The Morgan fingerprint density at radius 1 is 0.955 bits per heavy atom. The van der Waals surface area contributed by atoms with Crippen molar-refractivity contribution < 1.29 is 29.0 Å². The number of para-hydroxylation sites is 2. The zero-order valence-corrected chi connectivity index (χ0v) is 25.5. The van der Waals surface area contributed by atoms with Crippen LogP contribution in [0.15, 0.2) is 72.8 Å². The van der Waals surface area contributed by atoms with E-state index in [-0.39, 0.29) is 41.9 Å². The molecule has 3 aromatic rings. The maximum Gasteiger partial charge on any atom is 0.338 e. The van der Waals surface area contributed by atoms with E-state index in [1.807, 2.05) is 56.4 Å². The van der Waals surface area contributed by atoms with Crippen LogP contribution in [0.5, 0.6) is 5.75 Å². The molecule has 4 rings (SSSR count). The second-order valence-corrected chi connectivity index (χ2v) is 11.4. The van der Waals surface area contributed by atoms with Crippen LogP contribution in [-0.4, -0.2) is 62.2 Å². The molecule has 10 nitrogen and oxygen atoms in total. The van der Waals surface area contributed by atoms with Crippen molar-refractivity contribution in [1.82, 2.24) is 9.80 Å². The van der Waals surface area contributed by atoms with Crippen LogP contribution in [0, 0.1) is 6.92 Å². The predicted octanol–water partition coefficient (Wildman–Crippen LogP) is 5.28. The van der Waals surface area contributed by atoms with Crippen LogP contribution in [0.4, 0.5) is 21.9 Å². The summed E-state index contributed by atoms with van der Waals surface area (Å²) in [6, 6.07) is 20.9. The molecule has 1 saturated carbocycles. The van der Waals surface area contributed by atoms with Crippen molar-refractivity contribution >= 4 is 40.9 Å². The number of nitrogens with zero attached hydrogens (tertiary/aromatic N) is 2. The summed E-state index contributed by atoms with van der Waals surface area (Å²) in [5, 5.41) is 14.4. The molecule has 0 aliphatic heterocycles. The quantitative estimate of drug-likeness (QED) is 0.257. The van der Waals surface area contributed by atoms with Gasteiger partial charge in [0.05, 0.1) is 13.5 Å². The van der Waals surface area contributed by atoms with Crippen molar-refractivity contribution in [1.29, 1.82) is 0 Å². The average Bonchev–Trinajstić information content (AvgIpc) is 3.02. The molecule has 10 heteroatoms. The standard InChI is InChI=1S/C34H40N4O6/c1-24-11-9-14-27(19-24)37(2)31(39)23-44-30-18-8-7-17-29(30)38(3,28-15-5-4-6-16-28)32(40)22-35-34(43)36-26-13-10-12-25(20-26)21-33(41)42/h7-14,17-20,28H,4-6,15-16,21-23H2,1-3H3,(H2-,35,36,41,42,43)/p+1. The number of quaternary nitrogens is 1. The van der Waals surface area contributed by atoms with E-state index in [1.54, 1.807) is 42.3 Å². The Balaban J connectivity index is 1.50. The van der Waals surface area contributed by atoms with Gasteiger partial charge in [-0.05, 0) is 61.2 Å². The minimum atomic E-state index is -0.969. The van der Waals surface area contributed by atoms with Crippen LogP contribution in [0.25, 0.3) is 0 Å². The number of amides is 4. The SMILES string of the molecule is Cc1cccc(N(C)C(=O)COc2ccccc2[N+](C)(C(=O)CNC(=O)Nc2cccc(CC(=O)O)c2)C2CCCCC2)c1. The fourth-order valence-electron chi connectivity index (χ4n) is 5.74. The Morgan fingerprint density at radius 2 is 1.68 bits per heavy atom. The van der Waals surface area contributed by atoms with Gasteiger partial charge < -0.3 is 25.4 Å². The molecular formula is C34H41N4O6+. The Labute approximate surface area is 258 Å². The molecule has 3 N–H and O–H groups in total. The molecule has 232 valence electrons. The maximum absolute atomic E-state index is 14.0. The highest BCUT2D eigenvalue weighted by molar-refractivity contribution is 5.97. The van der Waals surface area contributed by atoms with Gasteiger partial charge in [0.15, 0.2) is 18.0 Å². The summed E-state index contributed by atoms with van der Waals surface area (Å²) in [5.74, 6) is -0.969. The first-order valence-electron chi connectivity index (χ1n) is 14.9. The zero-order valence-electron chi connectivity index (χ0n) is 25.5. The van der Waals surface area contributed by atoms with E-state index >= 15 is 0 Å². The molecule has 1 unspecified atom stereocenters. The Bertz CT molecular complexity index is 1500. The van der Waals surface area contributed by atoms with E-state index in [9.17, 15) is 19.2 Å². The molecule has 0 spiro atoms. The molecule has 1 aliphatic carbocycles. The van der Waals surface area contributed by atoms with E-state index in [4.69, 9.17) is 9.84 Å². The van der Waals surface area contributed by atoms with Gasteiger partial charge in [0.1, 0.15) is 12.6 Å². The van der Waals surface area contributed by atoms with Gasteiger partial charge in [-0.2, -0.15) is 0 Å². The third kappa shape index (κ3) is 8.02. The topological polar surface area (TPSA) is 125 Å². The number of aliphatic carboxylic acids is 1. The van der Waals surface area contributed by atoms with Gasteiger partial charge in [-0.1, -0.05) is 42.8 Å². The van der Waals surface area contributed by atoms with Gasteiger partial charge in [0, 0.05) is 37.3 Å². The molecule has 44 heavy (non-hydrogen) atoms. The lowest BCUT2D eigenvalue weighted by atomic mass is 9.91. The molecule has 3 aromatic carbocycles. The number of likely N-dealkylation sites (N-methyl/N-ethyl adjacent to an activating group) is 2. The van der Waals surface area contributed by atoms with Crippen molar-refractivity contribution in [2.75, 3.05) is 37.5 Å². The maximum atomic E-state index is 14.0. The van der Waals surface area contributed by atoms with E-state index < -0.39 is 12.0 Å². The van der Waals surface area contributed by atoms with Crippen molar-refractivity contribution in [3.05, 3.63) is 83.9 Å². The molecule has 0 bridgehead atoms. The second kappa shape index (κ2) is 14.7. The number of hydrogen-bond donors (Lipinski definition) is 3. The van der Waals surface area contributed by atoms with E-state index in [0.29, 0.717) is 22.7 Å². The zero-order chi connectivity index (χ0) is 31.7. The lowest BCUT2D eigenvalue weighted by Gasteiger charge is -2.41. The molecule has 1 fully saturated rings. The third-order valence-corrected chi connectivity index (χ3v) is 8.24. The number of ether oxygens (including phenoxy) is 1. The number of urea groups is 1. The Morgan fingerprint density at radius 3 is 2.41 bits per heavy atom. The van der Waals surface area contributed by atoms with Crippen LogP contribution >= 0.6 is 0 Å². The van der Waals surface area contributed by atoms with Gasteiger partial charge in [0.2, 0.25) is 0 Å². The molecule has 4 amide bonds. The lowest BCUT2D eigenvalue weighted by Crippen LogP contribution is -2.61. The van der Waals surface area contributed by atoms with E-state index in [1.165, 1.54) is 0 Å². The Hall–Kier alpha value is -4.70. The highest BCUT2D eigenvalue weighted by Crippen LogP contribution is 2.39. The van der Waals surface area contributed by atoms with Crippen molar-refractivity contribution in [3.8, 4) is 5.75 Å². The number of carbonyl (C=O) groups excluding carboxylic acids is 3. The molecular weight excluding hydrogens is 560 g/mol. The van der Waals surface area contributed by atoms with Gasteiger partial charge in [-0.3, -0.25) is 9.59 Å². The summed E-state index contributed by atoms with van der Waals surface area (Å²) in [6.45, 7) is 1.52. The Kier molecular flexibility index (Phi) is 10.7. The molecule has 1 aliphatic rings. The number of carboxylic acid groups (broad SMARTS) is 1. The number of benzene rings is 3. The lowest BCUT2D eigenvalue weighted by molar-refractivity contribution is -0.136. The summed E-state index contributed by atoms with van der Waals surface area (Å²) in [4.78, 5) is 52.5. The van der Waals surface area contributed by atoms with Gasteiger partial charge in [-0.25, -0.2) is 14.1 Å². The summed E-state index contributed by atoms with van der Waals surface area (Å²) >= 11 is 0. The largest absolute Gasteiger partial charge is 0.481 e. The molecule has 0 heterocycles. The second-order valence-electron chi connectivity index (χ2n) is 11.4. The number of aryl methyl sites for hydroxylation is 1. The summed E-state index contributed by atoms with van der Waals surface area (Å²) in [6.07, 6.45) is 4.61. The number of anilines is 2. The number of carbonyl (C=O) groups is 4. The normalized spacial score (nSPS) is 14.6. The smallest absolute Gasteiger partial charge is 0.338 e. The van der Waals surface area contributed by atoms with Gasteiger partial charge >= 0.3 is 17.9 Å². The number of nitrogens with one attached hydrogen (secondary N) is 2. The van der Waals surface area contributed by atoms with Gasteiger partial charge in [-0.15, -0.1) is 0 Å². The first-order valence-corrected chi connectivity index (χ1v) is 14.9. The monoisotopic (exact) mass is 601 g/mol. The van der Waals surface area contributed by atoms with Crippen LogP contribution in [0.3, 0.4) is 0 Å². The van der Waals surface area contributed by atoms with Crippen LogP contribution < -0.4 is 24.8 Å². The van der Waals surface area contributed by atoms with Crippen LogP contribution in [-0.2, 0) is 20.8 Å². The fraction of sp³-hybridized carbons (Fsp3) is 0.353. The first-order chi connectivity index (χ1) is 21.1. The molecule has 0 radical (unpaired) electrons. The number of rotatable bonds is 11. The van der Waals surface area contributed by atoms with Gasteiger partial charge in [0.25, 0.3) is 5.91 Å². The van der Waals surface area contributed by atoms with E-state index in [2.05, 4.69) is 10.6 Å². The minimum absolute atomic E-state index is 0.0239. The highest BCUT2D eigenvalue weighted by Gasteiger charge is 2.44. The van der Waals surface area contributed by atoms with Crippen molar-refractivity contribution in [2.24, 2.45) is 0 Å². The van der Waals surface area contributed by atoms with Crippen LogP contribution in [0.1, 0.15) is 43.2 Å². The summed E-state index contributed by atoms with van der Waals surface area (Å²) in [5.41, 5.74) is 3.42.